The second-order valence-electron chi connectivity index (χ2n) is 8.24. The molecule has 0 unspecified atom stereocenters. The maximum atomic E-state index is 12.8. The van der Waals surface area contributed by atoms with E-state index in [9.17, 15) is 4.79 Å². The average molecular weight is 478 g/mol. The lowest BCUT2D eigenvalue weighted by Gasteiger charge is -2.12. The summed E-state index contributed by atoms with van der Waals surface area (Å²) in [5.74, 6) is 1.96. The van der Waals surface area contributed by atoms with Crippen molar-refractivity contribution < 1.29 is 14.3 Å². The highest BCUT2D eigenvalue weighted by Crippen LogP contribution is 2.30. The van der Waals surface area contributed by atoms with E-state index in [1.807, 2.05) is 24.3 Å². The molecule has 3 aromatic carbocycles. The van der Waals surface area contributed by atoms with Crippen LogP contribution in [0.3, 0.4) is 0 Å². The molecule has 0 aliphatic heterocycles. The molecule has 4 aromatic rings. The third kappa shape index (κ3) is 5.02. The highest BCUT2D eigenvalue weighted by atomic mass is 35.5. The molecule has 0 radical (unpaired) electrons. The molecule has 0 aliphatic carbocycles. The van der Waals surface area contributed by atoms with Crippen molar-refractivity contribution in [2.45, 2.75) is 33.2 Å². The van der Waals surface area contributed by atoms with Gasteiger partial charge in [-0.05, 0) is 60.9 Å². The first-order valence-corrected chi connectivity index (χ1v) is 11.5. The molecule has 0 fully saturated rings. The van der Waals surface area contributed by atoms with E-state index in [1.165, 1.54) is 11.1 Å². The standard InChI is InChI=1S/C27H28ClN3O3/c1-17-13-22-23(14-18(17)2)31(26(30-22)15-19-7-5-6-8-21(19)28)12-11-27(32)29-20-9-10-24(33-3)25(16-20)34-4/h5-10,13-14,16H,11-12,15H2,1-4H3,(H,29,32). The van der Waals surface area contributed by atoms with Crippen LogP contribution in [0.15, 0.2) is 54.6 Å². The first-order chi connectivity index (χ1) is 16.4. The van der Waals surface area contributed by atoms with Gasteiger partial charge in [0, 0.05) is 36.2 Å². The zero-order valence-electron chi connectivity index (χ0n) is 19.8. The summed E-state index contributed by atoms with van der Waals surface area (Å²) in [6.45, 7) is 4.67. The second-order valence-corrected chi connectivity index (χ2v) is 8.65. The Morgan fingerprint density at radius 2 is 1.74 bits per heavy atom. The van der Waals surface area contributed by atoms with Gasteiger partial charge in [0.25, 0.3) is 0 Å². The summed E-state index contributed by atoms with van der Waals surface area (Å²) in [5, 5.41) is 3.66. The Morgan fingerprint density at radius 1 is 1.00 bits per heavy atom. The molecule has 0 atom stereocenters. The van der Waals surface area contributed by atoms with Crippen LogP contribution in [-0.2, 0) is 17.8 Å². The highest BCUT2D eigenvalue weighted by Gasteiger charge is 2.15. The van der Waals surface area contributed by atoms with E-state index in [1.54, 1.807) is 32.4 Å². The van der Waals surface area contributed by atoms with Gasteiger partial charge in [0.05, 0.1) is 25.3 Å². The smallest absolute Gasteiger partial charge is 0.226 e. The fraction of sp³-hybridized carbons (Fsp3) is 0.259. The average Bonchev–Trinajstić information content (AvgIpc) is 3.15. The van der Waals surface area contributed by atoms with Crippen molar-refractivity contribution in [2.75, 3.05) is 19.5 Å². The number of hydrogen-bond acceptors (Lipinski definition) is 4. The number of methoxy groups -OCH3 is 2. The van der Waals surface area contributed by atoms with E-state index >= 15 is 0 Å². The van der Waals surface area contributed by atoms with E-state index in [-0.39, 0.29) is 5.91 Å². The molecule has 0 spiro atoms. The van der Waals surface area contributed by atoms with Crippen molar-refractivity contribution in [3.05, 3.63) is 82.1 Å². The van der Waals surface area contributed by atoms with Crippen molar-refractivity contribution >= 4 is 34.2 Å². The van der Waals surface area contributed by atoms with Crippen LogP contribution in [0.1, 0.15) is 28.9 Å². The maximum Gasteiger partial charge on any atom is 0.226 e. The van der Waals surface area contributed by atoms with E-state index in [2.05, 4.69) is 35.9 Å². The fourth-order valence-corrected chi connectivity index (χ4v) is 4.18. The molecule has 0 aliphatic rings. The molecule has 1 aromatic heterocycles. The van der Waals surface area contributed by atoms with E-state index < -0.39 is 0 Å². The molecule has 1 amide bonds. The largest absolute Gasteiger partial charge is 0.493 e. The summed E-state index contributed by atoms with van der Waals surface area (Å²) in [4.78, 5) is 17.7. The molecule has 1 N–H and O–H groups in total. The quantitative estimate of drug-likeness (QED) is 0.341. The van der Waals surface area contributed by atoms with Crippen LogP contribution in [0.5, 0.6) is 11.5 Å². The Morgan fingerprint density at radius 3 is 2.47 bits per heavy atom. The number of aryl methyl sites for hydroxylation is 3. The number of aromatic nitrogens is 2. The maximum absolute atomic E-state index is 12.8. The minimum Gasteiger partial charge on any atom is -0.493 e. The normalized spacial score (nSPS) is 11.0. The Bertz CT molecular complexity index is 1350. The molecule has 0 saturated heterocycles. The van der Waals surface area contributed by atoms with Crippen molar-refractivity contribution in [2.24, 2.45) is 0 Å². The van der Waals surface area contributed by atoms with Crippen LogP contribution in [0, 0.1) is 13.8 Å². The summed E-state index contributed by atoms with van der Waals surface area (Å²) in [5.41, 5.74) is 5.97. The Labute approximate surface area is 204 Å². The lowest BCUT2D eigenvalue weighted by atomic mass is 10.1. The molecule has 34 heavy (non-hydrogen) atoms. The number of hydrogen-bond donors (Lipinski definition) is 1. The van der Waals surface area contributed by atoms with Crippen LogP contribution >= 0.6 is 11.6 Å². The van der Waals surface area contributed by atoms with Gasteiger partial charge >= 0.3 is 0 Å². The SMILES string of the molecule is COc1ccc(NC(=O)CCn2c(Cc3ccccc3Cl)nc3cc(C)c(C)cc32)cc1OC. The number of ether oxygens (including phenoxy) is 2. The van der Waals surface area contributed by atoms with Crippen molar-refractivity contribution in [1.82, 2.24) is 9.55 Å². The van der Waals surface area contributed by atoms with Crippen LogP contribution < -0.4 is 14.8 Å². The van der Waals surface area contributed by atoms with Gasteiger partial charge in [0.15, 0.2) is 11.5 Å². The number of benzene rings is 3. The molecule has 1 heterocycles. The van der Waals surface area contributed by atoms with Gasteiger partial charge in [0.1, 0.15) is 5.82 Å². The molecule has 7 heteroatoms. The number of rotatable bonds is 8. The number of halogens is 1. The van der Waals surface area contributed by atoms with Crippen LogP contribution in [-0.4, -0.2) is 29.7 Å². The van der Waals surface area contributed by atoms with Gasteiger partial charge in [-0.1, -0.05) is 29.8 Å². The summed E-state index contributed by atoms with van der Waals surface area (Å²) in [6.07, 6.45) is 0.881. The van der Waals surface area contributed by atoms with Gasteiger partial charge < -0.3 is 19.4 Å². The van der Waals surface area contributed by atoms with Gasteiger partial charge in [-0.3, -0.25) is 4.79 Å². The Hall–Kier alpha value is -3.51. The summed E-state index contributed by atoms with van der Waals surface area (Å²) >= 11 is 6.42. The number of nitrogens with zero attached hydrogens (tertiary/aromatic N) is 2. The minimum atomic E-state index is -0.0957. The summed E-state index contributed by atoms with van der Waals surface area (Å²) < 4.78 is 12.7. The number of carbonyl (C=O) groups excluding carboxylic acids is 1. The number of fused-ring (bicyclic) bond motifs is 1. The molecule has 0 bridgehead atoms. The predicted molar refractivity (Wildman–Crippen MR) is 136 cm³/mol. The molecule has 6 nitrogen and oxygen atoms in total. The van der Waals surface area contributed by atoms with Gasteiger partial charge in [-0.2, -0.15) is 0 Å². The first kappa shape index (κ1) is 23.6. The number of nitrogens with one attached hydrogen (secondary N) is 1. The monoisotopic (exact) mass is 477 g/mol. The lowest BCUT2D eigenvalue weighted by molar-refractivity contribution is -0.116. The zero-order chi connectivity index (χ0) is 24.2. The van der Waals surface area contributed by atoms with Gasteiger partial charge in [-0.15, -0.1) is 0 Å². The first-order valence-electron chi connectivity index (χ1n) is 11.1. The van der Waals surface area contributed by atoms with Crippen LogP contribution in [0.4, 0.5) is 5.69 Å². The number of amides is 1. The van der Waals surface area contributed by atoms with Crippen LogP contribution in [0.25, 0.3) is 11.0 Å². The van der Waals surface area contributed by atoms with E-state index in [0.29, 0.717) is 41.6 Å². The molecule has 176 valence electrons. The van der Waals surface area contributed by atoms with E-state index in [0.717, 1.165) is 22.4 Å². The number of carbonyl (C=O) groups is 1. The third-order valence-corrected chi connectivity index (χ3v) is 6.35. The van der Waals surface area contributed by atoms with Crippen molar-refractivity contribution in [1.29, 1.82) is 0 Å². The number of imidazole rings is 1. The van der Waals surface area contributed by atoms with Gasteiger partial charge in [-0.25, -0.2) is 4.98 Å². The third-order valence-electron chi connectivity index (χ3n) is 5.98. The van der Waals surface area contributed by atoms with Crippen molar-refractivity contribution in [3.8, 4) is 11.5 Å². The molecule has 0 saturated carbocycles. The summed E-state index contributed by atoms with van der Waals surface area (Å²) in [7, 11) is 3.15. The Kier molecular flexibility index (Phi) is 7.08. The highest BCUT2D eigenvalue weighted by molar-refractivity contribution is 6.31. The lowest BCUT2D eigenvalue weighted by Crippen LogP contribution is -2.16. The summed E-state index contributed by atoms with van der Waals surface area (Å²) in [6, 6.07) is 17.3. The zero-order valence-corrected chi connectivity index (χ0v) is 20.6. The predicted octanol–water partition coefficient (Wildman–Crippen LogP) is 5.94. The second kappa shape index (κ2) is 10.2. The number of anilines is 1. The van der Waals surface area contributed by atoms with E-state index in [4.69, 9.17) is 26.1 Å². The molecule has 4 rings (SSSR count). The fourth-order valence-electron chi connectivity index (χ4n) is 3.98. The van der Waals surface area contributed by atoms with Gasteiger partial charge in [0.2, 0.25) is 5.91 Å². The molecular formula is C27H28ClN3O3. The topological polar surface area (TPSA) is 65.4 Å². The Balaban J connectivity index is 1.58. The molecular weight excluding hydrogens is 450 g/mol. The van der Waals surface area contributed by atoms with Crippen molar-refractivity contribution in [3.63, 3.8) is 0 Å². The minimum absolute atomic E-state index is 0.0957. The van der Waals surface area contributed by atoms with Crippen LogP contribution in [0.2, 0.25) is 5.02 Å².